The highest BCUT2D eigenvalue weighted by Crippen LogP contribution is 2.41. The van der Waals surface area contributed by atoms with E-state index in [-0.39, 0.29) is 18.5 Å². The van der Waals surface area contributed by atoms with Crippen LogP contribution in [0.4, 0.5) is 5.69 Å². The molecule has 4 aromatic rings. The highest BCUT2D eigenvalue weighted by Gasteiger charge is 2.52. The van der Waals surface area contributed by atoms with E-state index in [1.54, 1.807) is 29.2 Å². The van der Waals surface area contributed by atoms with E-state index in [9.17, 15) is 14.4 Å². The molecule has 3 aromatic carbocycles. The quantitative estimate of drug-likeness (QED) is 0.326. The van der Waals surface area contributed by atoms with Crippen molar-refractivity contribution in [3.8, 4) is 5.69 Å². The average molecular weight is 477 g/mol. The zero-order valence-corrected chi connectivity index (χ0v) is 19.4. The first-order chi connectivity index (χ1) is 17.6. The zero-order valence-electron chi connectivity index (χ0n) is 19.4. The fourth-order valence-electron chi connectivity index (χ4n) is 5.15. The van der Waals surface area contributed by atoms with Gasteiger partial charge in [0, 0.05) is 5.69 Å². The van der Waals surface area contributed by atoms with Crippen LogP contribution in [0.25, 0.3) is 11.8 Å². The minimum absolute atomic E-state index is 0.0844. The van der Waals surface area contributed by atoms with E-state index >= 15 is 0 Å². The van der Waals surface area contributed by atoms with Crippen LogP contribution in [-0.4, -0.2) is 25.9 Å². The summed E-state index contributed by atoms with van der Waals surface area (Å²) < 4.78 is 4.05. The summed E-state index contributed by atoms with van der Waals surface area (Å²) in [6, 6.07) is 27.4. The van der Waals surface area contributed by atoms with Crippen LogP contribution in [0.15, 0.2) is 119 Å². The minimum atomic E-state index is -0.582. The third-order valence-electron chi connectivity index (χ3n) is 6.84. The van der Waals surface area contributed by atoms with E-state index in [2.05, 4.69) is 0 Å². The van der Waals surface area contributed by atoms with Gasteiger partial charge in [-0.05, 0) is 29.8 Å². The first kappa shape index (κ1) is 21.9. The molecule has 2 aliphatic rings. The molecule has 1 fully saturated rings. The number of allylic oxidation sites excluding steroid dienone is 2. The number of aromatic nitrogens is 3. The second kappa shape index (κ2) is 8.85. The molecule has 3 atom stereocenters. The molecule has 1 saturated heterocycles. The maximum atomic E-state index is 13.6. The predicted octanol–water partition coefficient (Wildman–Crippen LogP) is 3.66. The molecule has 6 rings (SSSR count). The van der Waals surface area contributed by atoms with Crippen LogP contribution in [0.1, 0.15) is 11.6 Å². The summed E-state index contributed by atoms with van der Waals surface area (Å²) in [5, 5.41) is 0. The van der Waals surface area contributed by atoms with Crippen molar-refractivity contribution < 1.29 is 4.79 Å². The molecule has 0 spiro atoms. The lowest BCUT2D eigenvalue weighted by atomic mass is 9.79. The van der Waals surface area contributed by atoms with Crippen LogP contribution in [0.5, 0.6) is 0 Å². The molecule has 1 aromatic heterocycles. The number of hydrogen-bond acceptors (Lipinski definition) is 3. The highest BCUT2D eigenvalue weighted by molar-refractivity contribution is 6.04. The normalized spacial score (nSPS) is 20.9. The Morgan fingerprint density at radius 2 is 1.33 bits per heavy atom. The molecule has 0 unspecified atom stereocenters. The Bertz CT molecular complexity index is 1580. The van der Waals surface area contributed by atoms with Crippen LogP contribution >= 0.6 is 0 Å². The lowest BCUT2D eigenvalue weighted by Crippen LogP contribution is -2.63. The highest BCUT2D eigenvalue weighted by atomic mass is 16.2. The predicted molar refractivity (Wildman–Crippen MR) is 139 cm³/mol. The maximum absolute atomic E-state index is 13.6. The fourth-order valence-corrected chi connectivity index (χ4v) is 5.15. The smallest absolute Gasteiger partial charge is 0.304 e. The molecule has 3 heterocycles. The number of carbonyl (C=O) groups excluding carboxylic acids is 1. The van der Waals surface area contributed by atoms with Crippen LogP contribution in [0, 0.1) is 5.92 Å². The maximum Gasteiger partial charge on any atom is 0.352 e. The van der Waals surface area contributed by atoms with Gasteiger partial charge < -0.3 is 4.90 Å². The van der Waals surface area contributed by atoms with Gasteiger partial charge in [0.2, 0.25) is 5.91 Å². The van der Waals surface area contributed by atoms with Crippen molar-refractivity contribution in [2.24, 2.45) is 5.92 Å². The Hall–Kier alpha value is -4.65. The van der Waals surface area contributed by atoms with Crippen LogP contribution in [0.3, 0.4) is 0 Å². The van der Waals surface area contributed by atoms with Crippen molar-refractivity contribution in [1.82, 2.24) is 13.9 Å². The van der Waals surface area contributed by atoms with Crippen LogP contribution in [0.2, 0.25) is 0 Å². The molecule has 0 bridgehead atoms. The molecule has 1 amide bonds. The van der Waals surface area contributed by atoms with E-state index in [1.165, 1.54) is 13.9 Å². The number of rotatable bonds is 5. The average Bonchev–Trinajstić information content (AvgIpc) is 3.18. The first-order valence-electron chi connectivity index (χ1n) is 11.9. The number of para-hydroxylation sites is 2. The van der Waals surface area contributed by atoms with Crippen LogP contribution in [-0.2, 0) is 11.3 Å². The van der Waals surface area contributed by atoms with E-state index in [1.807, 2.05) is 91.0 Å². The summed E-state index contributed by atoms with van der Waals surface area (Å²) in [7, 11) is 0. The SMILES string of the molecule is O=C1[C@@H]([C@H]2C=CCn3c(=O)n(-c4ccccc4)c(=O)n32)[C@H](/C=C/c2ccccc2)N1c1ccccc1. The Morgan fingerprint density at radius 3 is 2.00 bits per heavy atom. The topological polar surface area (TPSA) is 69.2 Å². The zero-order chi connectivity index (χ0) is 24.6. The number of anilines is 1. The molecule has 178 valence electrons. The fraction of sp³-hybridized carbons (Fsp3) is 0.138. The third-order valence-corrected chi connectivity index (χ3v) is 6.84. The van der Waals surface area contributed by atoms with Gasteiger partial charge in [-0.3, -0.25) is 4.79 Å². The van der Waals surface area contributed by atoms with E-state index in [0.29, 0.717) is 5.69 Å². The number of hydrogen-bond donors (Lipinski definition) is 0. The van der Waals surface area contributed by atoms with E-state index < -0.39 is 23.3 Å². The molecular weight excluding hydrogens is 452 g/mol. The summed E-state index contributed by atoms with van der Waals surface area (Å²) in [5.41, 5.74) is 1.47. The second-order valence-corrected chi connectivity index (χ2v) is 8.91. The van der Waals surface area contributed by atoms with Gasteiger partial charge in [-0.15, -0.1) is 0 Å². The van der Waals surface area contributed by atoms with Crippen LogP contribution < -0.4 is 16.3 Å². The van der Waals surface area contributed by atoms with Gasteiger partial charge in [0.25, 0.3) is 0 Å². The number of nitrogens with zero attached hydrogens (tertiary/aromatic N) is 4. The van der Waals surface area contributed by atoms with Gasteiger partial charge in [-0.25, -0.2) is 23.5 Å². The van der Waals surface area contributed by atoms with Gasteiger partial charge in [0.05, 0.1) is 30.2 Å². The number of amides is 1. The van der Waals surface area contributed by atoms with Gasteiger partial charge >= 0.3 is 11.4 Å². The lowest BCUT2D eigenvalue weighted by molar-refractivity contribution is -0.130. The molecule has 0 radical (unpaired) electrons. The summed E-state index contributed by atoms with van der Waals surface area (Å²) >= 11 is 0. The summed E-state index contributed by atoms with van der Waals surface area (Å²) in [4.78, 5) is 42.2. The molecule has 36 heavy (non-hydrogen) atoms. The molecule has 0 aliphatic carbocycles. The summed E-state index contributed by atoms with van der Waals surface area (Å²) in [6.45, 7) is 0.276. The van der Waals surface area contributed by atoms with Crippen molar-refractivity contribution in [2.75, 3.05) is 4.90 Å². The molecule has 0 N–H and O–H groups in total. The largest absolute Gasteiger partial charge is 0.352 e. The lowest BCUT2D eigenvalue weighted by Gasteiger charge is -2.48. The molecule has 7 heteroatoms. The van der Waals surface area contributed by atoms with Crippen molar-refractivity contribution in [2.45, 2.75) is 18.6 Å². The Kier molecular flexibility index (Phi) is 5.37. The minimum Gasteiger partial charge on any atom is -0.304 e. The van der Waals surface area contributed by atoms with E-state index in [0.717, 1.165) is 11.3 Å². The van der Waals surface area contributed by atoms with Gasteiger partial charge in [-0.2, -0.15) is 0 Å². The standard InChI is InChI=1S/C29H24N4O3/c34-27-26(24(19-18-21-11-4-1-5-12-21)31(27)22-13-6-2-7-14-22)25-17-10-20-30-28(35)32(29(36)33(25)30)23-15-8-3-9-16-23/h1-19,24-26H,20H2/b19-18+/t24-,25+,26+/m0/s1. The summed E-state index contributed by atoms with van der Waals surface area (Å²) in [6.07, 6.45) is 7.75. The van der Waals surface area contributed by atoms with Crippen molar-refractivity contribution in [3.05, 3.63) is 136 Å². The number of fused-ring (bicyclic) bond motifs is 1. The Balaban J connectivity index is 1.44. The van der Waals surface area contributed by atoms with Gasteiger partial charge in [-0.1, -0.05) is 91.0 Å². The van der Waals surface area contributed by atoms with Gasteiger partial charge in [0.15, 0.2) is 0 Å². The molecular formula is C29H24N4O3. The number of carbonyl (C=O) groups is 1. The number of β-lactam (4-membered cyclic amide) rings is 1. The molecule has 7 nitrogen and oxygen atoms in total. The Labute approximate surface area is 207 Å². The molecule has 2 aliphatic heterocycles. The Morgan fingerprint density at radius 1 is 0.722 bits per heavy atom. The van der Waals surface area contributed by atoms with Crippen molar-refractivity contribution in [3.63, 3.8) is 0 Å². The van der Waals surface area contributed by atoms with E-state index in [4.69, 9.17) is 0 Å². The van der Waals surface area contributed by atoms with Crippen molar-refractivity contribution >= 4 is 17.7 Å². The molecule has 0 saturated carbocycles. The second-order valence-electron chi connectivity index (χ2n) is 8.91. The number of benzene rings is 3. The third kappa shape index (κ3) is 3.48. The van der Waals surface area contributed by atoms with Gasteiger partial charge in [0.1, 0.15) is 0 Å². The van der Waals surface area contributed by atoms with Crippen molar-refractivity contribution in [1.29, 1.82) is 0 Å². The first-order valence-corrected chi connectivity index (χ1v) is 11.9. The monoisotopic (exact) mass is 476 g/mol. The summed E-state index contributed by atoms with van der Waals surface area (Å²) in [5.74, 6) is -0.615.